The number of carbonyl (C=O) groups excluding carboxylic acids is 1. The van der Waals surface area contributed by atoms with Gasteiger partial charge < -0.3 is 10.1 Å². The molecule has 0 spiro atoms. The van der Waals surface area contributed by atoms with Gasteiger partial charge in [-0.1, -0.05) is 32.0 Å². The van der Waals surface area contributed by atoms with Crippen LogP contribution in [0, 0.1) is 23.2 Å². The van der Waals surface area contributed by atoms with Gasteiger partial charge in [0.15, 0.2) is 0 Å². The minimum Gasteiger partial charge on any atom is -0.496 e. The number of amides is 1. The smallest absolute Gasteiger partial charge is 0.237 e. The molecule has 1 atom stereocenters. The highest BCUT2D eigenvalue weighted by Gasteiger charge is 2.20. The Labute approximate surface area is 114 Å². The third-order valence-electron chi connectivity index (χ3n) is 2.97. The van der Waals surface area contributed by atoms with E-state index in [1.165, 1.54) is 0 Å². The van der Waals surface area contributed by atoms with Crippen molar-refractivity contribution in [3.63, 3.8) is 0 Å². The number of methoxy groups -OCH3 is 1. The third kappa shape index (κ3) is 4.29. The Bertz CT molecular complexity index is 463. The summed E-state index contributed by atoms with van der Waals surface area (Å²) < 4.78 is 5.24. The molecule has 1 rings (SSSR count). The maximum Gasteiger partial charge on any atom is 0.237 e. The van der Waals surface area contributed by atoms with Crippen LogP contribution < -0.4 is 10.1 Å². The number of benzene rings is 1. The largest absolute Gasteiger partial charge is 0.496 e. The monoisotopic (exact) mass is 260 g/mol. The van der Waals surface area contributed by atoms with E-state index in [0.29, 0.717) is 13.0 Å². The van der Waals surface area contributed by atoms with Crippen LogP contribution in [0.25, 0.3) is 0 Å². The normalized spacial score (nSPS) is 11.7. The molecule has 1 aromatic carbocycles. The van der Waals surface area contributed by atoms with Crippen LogP contribution in [0.15, 0.2) is 24.3 Å². The highest BCUT2D eigenvalue weighted by molar-refractivity contribution is 5.81. The number of ether oxygens (including phenoxy) is 1. The summed E-state index contributed by atoms with van der Waals surface area (Å²) in [6.45, 7) is 4.24. The molecular formula is C15H20N2O2. The summed E-state index contributed by atoms with van der Waals surface area (Å²) in [7, 11) is 1.63. The van der Waals surface area contributed by atoms with E-state index in [0.717, 1.165) is 11.3 Å². The molecule has 1 amide bonds. The van der Waals surface area contributed by atoms with Crippen LogP contribution in [0.1, 0.15) is 19.4 Å². The summed E-state index contributed by atoms with van der Waals surface area (Å²) in [6, 6.07) is 9.74. The van der Waals surface area contributed by atoms with Crippen molar-refractivity contribution in [1.82, 2.24) is 5.32 Å². The van der Waals surface area contributed by atoms with Crippen molar-refractivity contribution >= 4 is 5.91 Å². The van der Waals surface area contributed by atoms with E-state index in [1.807, 2.05) is 44.2 Å². The molecule has 102 valence electrons. The van der Waals surface area contributed by atoms with Gasteiger partial charge in [0.2, 0.25) is 5.91 Å². The van der Waals surface area contributed by atoms with Crippen LogP contribution in [0.4, 0.5) is 0 Å². The van der Waals surface area contributed by atoms with E-state index < -0.39 is 5.92 Å². The molecule has 0 aliphatic heterocycles. The lowest BCUT2D eigenvalue weighted by Crippen LogP contribution is -2.34. The maximum atomic E-state index is 11.8. The summed E-state index contributed by atoms with van der Waals surface area (Å²) >= 11 is 0. The SMILES string of the molecule is COc1ccccc1CCNC(=O)C(C#N)C(C)C. The first-order valence-corrected chi connectivity index (χ1v) is 6.39. The Hall–Kier alpha value is -2.02. The Morgan fingerprint density at radius 3 is 2.68 bits per heavy atom. The van der Waals surface area contributed by atoms with Crippen molar-refractivity contribution in [2.45, 2.75) is 20.3 Å². The fourth-order valence-electron chi connectivity index (χ4n) is 1.85. The van der Waals surface area contributed by atoms with Gasteiger partial charge in [-0.05, 0) is 24.0 Å². The molecule has 0 bridgehead atoms. The molecule has 0 fully saturated rings. The standard InChI is InChI=1S/C15H20N2O2/c1-11(2)13(10-16)15(18)17-9-8-12-6-4-5-7-14(12)19-3/h4-7,11,13H,8-9H2,1-3H3,(H,17,18). The Balaban J connectivity index is 2.51. The zero-order valence-corrected chi connectivity index (χ0v) is 11.6. The lowest BCUT2D eigenvalue weighted by Gasteiger charge is -2.13. The van der Waals surface area contributed by atoms with Gasteiger partial charge in [-0.25, -0.2) is 0 Å². The minimum absolute atomic E-state index is 0.0243. The van der Waals surface area contributed by atoms with Crippen LogP contribution in [0.5, 0.6) is 5.75 Å². The highest BCUT2D eigenvalue weighted by Crippen LogP contribution is 2.17. The average molecular weight is 260 g/mol. The van der Waals surface area contributed by atoms with Gasteiger partial charge in [-0.15, -0.1) is 0 Å². The van der Waals surface area contributed by atoms with Crippen LogP contribution in [0.3, 0.4) is 0 Å². The lowest BCUT2D eigenvalue weighted by atomic mass is 9.96. The summed E-state index contributed by atoms with van der Waals surface area (Å²) in [6.07, 6.45) is 0.687. The van der Waals surface area contributed by atoms with Crippen LogP contribution in [0.2, 0.25) is 0 Å². The molecule has 0 saturated heterocycles. The number of hydrogen-bond donors (Lipinski definition) is 1. The molecule has 0 aliphatic rings. The number of para-hydroxylation sites is 1. The van der Waals surface area contributed by atoms with Crippen molar-refractivity contribution in [2.24, 2.45) is 11.8 Å². The van der Waals surface area contributed by atoms with Gasteiger partial charge in [-0.3, -0.25) is 4.79 Å². The first-order chi connectivity index (χ1) is 9.10. The van der Waals surface area contributed by atoms with Gasteiger partial charge in [0.1, 0.15) is 11.7 Å². The fourth-order valence-corrected chi connectivity index (χ4v) is 1.85. The van der Waals surface area contributed by atoms with E-state index in [1.54, 1.807) is 7.11 Å². The predicted molar refractivity (Wildman–Crippen MR) is 73.6 cm³/mol. The molecule has 0 aliphatic carbocycles. The molecule has 19 heavy (non-hydrogen) atoms. The highest BCUT2D eigenvalue weighted by atomic mass is 16.5. The average Bonchev–Trinajstić information content (AvgIpc) is 2.39. The molecule has 0 heterocycles. The number of hydrogen-bond acceptors (Lipinski definition) is 3. The first-order valence-electron chi connectivity index (χ1n) is 6.39. The third-order valence-corrected chi connectivity index (χ3v) is 2.97. The Kier molecular flexibility index (Phi) is 5.87. The Morgan fingerprint density at radius 2 is 2.11 bits per heavy atom. The van der Waals surface area contributed by atoms with Crippen molar-refractivity contribution < 1.29 is 9.53 Å². The molecule has 0 radical (unpaired) electrons. The topological polar surface area (TPSA) is 62.1 Å². The molecule has 4 heteroatoms. The fraction of sp³-hybridized carbons (Fsp3) is 0.467. The van der Waals surface area contributed by atoms with Gasteiger partial charge in [-0.2, -0.15) is 5.26 Å². The molecule has 1 unspecified atom stereocenters. The van der Waals surface area contributed by atoms with E-state index in [9.17, 15) is 4.79 Å². The number of rotatable bonds is 6. The second-order valence-corrected chi connectivity index (χ2v) is 4.70. The van der Waals surface area contributed by atoms with E-state index in [-0.39, 0.29) is 11.8 Å². The zero-order valence-electron chi connectivity index (χ0n) is 11.6. The second-order valence-electron chi connectivity index (χ2n) is 4.70. The predicted octanol–water partition coefficient (Wildman–Crippen LogP) is 2.15. The van der Waals surface area contributed by atoms with Gasteiger partial charge in [0, 0.05) is 6.54 Å². The Morgan fingerprint density at radius 1 is 1.42 bits per heavy atom. The van der Waals surface area contributed by atoms with Crippen molar-refractivity contribution in [2.75, 3.05) is 13.7 Å². The van der Waals surface area contributed by atoms with Crippen LogP contribution in [-0.4, -0.2) is 19.6 Å². The summed E-state index contributed by atoms with van der Waals surface area (Å²) in [5, 5.41) is 11.7. The van der Waals surface area contributed by atoms with Crippen LogP contribution >= 0.6 is 0 Å². The molecule has 0 aromatic heterocycles. The van der Waals surface area contributed by atoms with Gasteiger partial charge in [0.25, 0.3) is 0 Å². The minimum atomic E-state index is -0.585. The van der Waals surface area contributed by atoms with E-state index >= 15 is 0 Å². The summed E-state index contributed by atoms with van der Waals surface area (Å²) in [5.74, 6) is 0.0544. The van der Waals surface area contributed by atoms with E-state index in [2.05, 4.69) is 5.32 Å². The number of carbonyl (C=O) groups is 1. The number of nitrogens with zero attached hydrogens (tertiary/aromatic N) is 1. The molecule has 1 N–H and O–H groups in total. The number of nitrogens with one attached hydrogen (secondary N) is 1. The van der Waals surface area contributed by atoms with Crippen molar-refractivity contribution in [3.8, 4) is 11.8 Å². The quantitative estimate of drug-likeness (QED) is 0.852. The van der Waals surface area contributed by atoms with Gasteiger partial charge in [0.05, 0.1) is 13.2 Å². The van der Waals surface area contributed by atoms with Crippen molar-refractivity contribution in [3.05, 3.63) is 29.8 Å². The van der Waals surface area contributed by atoms with Gasteiger partial charge >= 0.3 is 0 Å². The molecule has 4 nitrogen and oxygen atoms in total. The molecule has 0 saturated carbocycles. The van der Waals surface area contributed by atoms with E-state index in [4.69, 9.17) is 10.00 Å². The molecule has 1 aromatic rings. The van der Waals surface area contributed by atoms with Crippen LogP contribution in [-0.2, 0) is 11.2 Å². The summed E-state index contributed by atoms with van der Waals surface area (Å²) in [4.78, 5) is 11.8. The number of nitriles is 1. The summed E-state index contributed by atoms with van der Waals surface area (Å²) in [5.41, 5.74) is 1.04. The maximum absolute atomic E-state index is 11.8. The first kappa shape index (κ1) is 15.0. The lowest BCUT2D eigenvalue weighted by molar-refractivity contribution is -0.124. The molecular weight excluding hydrogens is 240 g/mol. The second kappa shape index (κ2) is 7.42. The van der Waals surface area contributed by atoms with Crippen molar-refractivity contribution in [1.29, 1.82) is 5.26 Å². The zero-order chi connectivity index (χ0) is 14.3.